The molecular weight excluding hydrogens is 352 g/mol. The second-order valence-electron chi connectivity index (χ2n) is 8.00. The number of aromatic amines is 1. The van der Waals surface area contributed by atoms with E-state index in [1.165, 1.54) is 5.56 Å². The number of hydrogen-bond acceptors (Lipinski definition) is 3. The molecular formula is C22H30N4O2. The number of carbonyl (C=O) groups excluding carboxylic acids is 2. The van der Waals surface area contributed by atoms with Crippen molar-refractivity contribution in [2.75, 3.05) is 39.3 Å². The van der Waals surface area contributed by atoms with Crippen LogP contribution in [0.15, 0.2) is 24.3 Å². The van der Waals surface area contributed by atoms with Crippen molar-refractivity contribution in [2.45, 2.75) is 39.2 Å². The number of aromatic nitrogens is 1. The van der Waals surface area contributed by atoms with Crippen molar-refractivity contribution >= 4 is 22.7 Å². The third-order valence-electron chi connectivity index (χ3n) is 6.55. The van der Waals surface area contributed by atoms with Gasteiger partial charge in [0.15, 0.2) is 5.54 Å². The Morgan fingerprint density at radius 3 is 2.68 bits per heavy atom. The minimum Gasteiger partial charge on any atom is -0.356 e. The largest absolute Gasteiger partial charge is 0.356 e. The second-order valence-corrected chi connectivity index (χ2v) is 8.00. The van der Waals surface area contributed by atoms with Crippen molar-refractivity contribution in [1.29, 1.82) is 0 Å². The molecule has 0 bridgehead atoms. The molecule has 1 fully saturated rings. The summed E-state index contributed by atoms with van der Waals surface area (Å²) >= 11 is 0. The Balaban J connectivity index is 1.64. The third-order valence-corrected chi connectivity index (χ3v) is 6.55. The highest BCUT2D eigenvalue weighted by molar-refractivity contribution is 6.00. The first-order valence-corrected chi connectivity index (χ1v) is 10.4. The molecule has 0 unspecified atom stereocenters. The Morgan fingerprint density at radius 2 is 1.93 bits per heavy atom. The van der Waals surface area contributed by atoms with E-state index in [1.54, 1.807) is 9.80 Å². The zero-order chi connectivity index (χ0) is 19.9. The topological polar surface area (TPSA) is 59.6 Å². The van der Waals surface area contributed by atoms with E-state index in [4.69, 9.17) is 0 Å². The molecule has 28 heavy (non-hydrogen) atoms. The highest BCUT2D eigenvalue weighted by Crippen LogP contribution is 2.41. The summed E-state index contributed by atoms with van der Waals surface area (Å²) in [7, 11) is 0. The van der Waals surface area contributed by atoms with Gasteiger partial charge in [0.05, 0.1) is 12.2 Å². The number of piperazine rings is 1. The molecule has 0 radical (unpaired) electrons. The van der Waals surface area contributed by atoms with Crippen molar-refractivity contribution < 1.29 is 9.59 Å². The Morgan fingerprint density at radius 1 is 1.18 bits per heavy atom. The summed E-state index contributed by atoms with van der Waals surface area (Å²) in [6.45, 7) is 10.6. The van der Waals surface area contributed by atoms with Crippen molar-refractivity contribution in [3.63, 3.8) is 0 Å². The first-order chi connectivity index (χ1) is 13.5. The van der Waals surface area contributed by atoms with Crippen LogP contribution in [-0.2, 0) is 21.5 Å². The first-order valence-electron chi connectivity index (χ1n) is 10.4. The summed E-state index contributed by atoms with van der Waals surface area (Å²) in [4.78, 5) is 35.9. The smallest absolute Gasteiger partial charge is 0.254 e. The lowest BCUT2D eigenvalue weighted by atomic mass is 9.83. The fraction of sp³-hybridized carbons (Fsp3) is 0.545. The highest BCUT2D eigenvalue weighted by atomic mass is 16.2. The number of nitrogens with one attached hydrogen (secondary N) is 1. The molecule has 2 aliphatic heterocycles. The summed E-state index contributed by atoms with van der Waals surface area (Å²) in [5, 5.41) is 1.16. The van der Waals surface area contributed by atoms with E-state index in [0.717, 1.165) is 49.1 Å². The average Bonchev–Trinajstić information content (AvgIpc) is 3.09. The predicted octanol–water partition coefficient (Wildman–Crippen LogP) is 2.34. The lowest BCUT2D eigenvalue weighted by molar-refractivity contribution is -0.166. The molecule has 1 atom stereocenters. The second kappa shape index (κ2) is 7.24. The molecule has 1 N–H and O–H groups in total. The molecule has 6 heteroatoms. The predicted molar refractivity (Wildman–Crippen MR) is 110 cm³/mol. The zero-order valence-electron chi connectivity index (χ0n) is 17.1. The van der Waals surface area contributed by atoms with Crippen LogP contribution in [0.4, 0.5) is 0 Å². The molecule has 1 aromatic carbocycles. The summed E-state index contributed by atoms with van der Waals surface area (Å²) in [6.07, 6.45) is 1.67. The van der Waals surface area contributed by atoms with Crippen LogP contribution in [0.1, 0.15) is 38.4 Å². The van der Waals surface area contributed by atoms with E-state index in [0.29, 0.717) is 13.1 Å². The van der Waals surface area contributed by atoms with E-state index in [2.05, 4.69) is 29.8 Å². The van der Waals surface area contributed by atoms with Crippen LogP contribution in [0.2, 0.25) is 0 Å². The Hall–Kier alpha value is -2.34. The fourth-order valence-electron chi connectivity index (χ4n) is 4.89. The summed E-state index contributed by atoms with van der Waals surface area (Å²) in [5.41, 5.74) is 2.18. The van der Waals surface area contributed by atoms with Crippen molar-refractivity contribution in [2.24, 2.45) is 0 Å². The number of benzene rings is 1. The van der Waals surface area contributed by atoms with Gasteiger partial charge in [-0.15, -0.1) is 0 Å². The molecule has 6 nitrogen and oxygen atoms in total. The molecule has 0 spiro atoms. The van der Waals surface area contributed by atoms with E-state index >= 15 is 0 Å². The number of carbonyl (C=O) groups is 2. The number of rotatable bonds is 6. The van der Waals surface area contributed by atoms with Gasteiger partial charge in [0.1, 0.15) is 0 Å². The molecule has 0 aliphatic carbocycles. The van der Waals surface area contributed by atoms with Crippen LogP contribution in [0.25, 0.3) is 10.9 Å². The average molecular weight is 383 g/mol. The van der Waals surface area contributed by atoms with Gasteiger partial charge in [0, 0.05) is 24.0 Å². The van der Waals surface area contributed by atoms with E-state index in [9.17, 15) is 9.59 Å². The Labute approximate surface area is 166 Å². The van der Waals surface area contributed by atoms with Crippen molar-refractivity contribution in [1.82, 2.24) is 19.7 Å². The molecule has 1 saturated heterocycles. The number of para-hydroxylation sites is 1. The van der Waals surface area contributed by atoms with Gasteiger partial charge in [0.2, 0.25) is 5.91 Å². The molecule has 3 heterocycles. The number of H-pyrrole nitrogens is 1. The minimum atomic E-state index is -0.933. The first kappa shape index (κ1) is 19.0. The van der Waals surface area contributed by atoms with Gasteiger partial charge in [-0.05, 0) is 51.0 Å². The fourth-order valence-corrected chi connectivity index (χ4v) is 4.89. The van der Waals surface area contributed by atoms with E-state index in [1.807, 2.05) is 25.1 Å². The summed E-state index contributed by atoms with van der Waals surface area (Å²) in [6, 6.07) is 8.16. The number of fused-ring (bicyclic) bond motifs is 5. The van der Waals surface area contributed by atoms with Crippen LogP contribution in [0.5, 0.6) is 0 Å². The summed E-state index contributed by atoms with van der Waals surface area (Å²) in [5.74, 6) is 0.0911. The minimum absolute atomic E-state index is 0.0409. The maximum atomic E-state index is 13.6. The van der Waals surface area contributed by atoms with Crippen LogP contribution < -0.4 is 0 Å². The number of amides is 2. The van der Waals surface area contributed by atoms with Gasteiger partial charge in [0.25, 0.3) is 5.91 Å². The Kier molecular flexibility index (Phi) is 4.91. The van der Waals surface area contributed by atoms with Crippen molar-refractivity contribution in [3.8, 4) is 0 Å². The van der Waals surface area contributed by atoms with Crippen LogP contribution in [0, 0.1) is 0 Å². The normalized spacial score (nSPS) is 22.1. The quantitative estimate of drug-likeness (QED) is 0.834. The molecule has 1 aromatic heterocycles. The number of nitrogens with zero attached hydrogens (tertiary/aromatic N) is 3. The van der Waals surface area contributed by atoms with Gasteiger partial charge < -0.3 is 19.7 Å². The van der Waals surface area contributed by atoms with E-state index < -0.39 is 5.54 Å². The molecule has 150 valence electrons. The lowest BCUT2D eigenvalue weighted by Crippen LogP contribution is -2.67. The van der Waals surface area contributed by atoms with Gasteiger partial charge in [-0.2, -0.15) is 0 Å². The van der Waals surface area contributed by atoms with Crippen LogP contribution in [-0.4, -0.2) is 70.8 Å². The molecule has 2 amide bonds. The lowest BCUT2D eigenvalue weighted by Gasteiger charge is -2.49. The van der Waals surface area contributed by atoms with Crippen LogP contribution in [0.3, 0.4) is 0 Å². The third kappa shape index (κ3) is 2.82. The van der Waals surface area contributed by atoms with Gasteiger partial charge in [-0.3, -0.25) is 9.59 Å². The molecule has 0 saturated carbocycles. The van der Waals surface area contributed by atoms with Gasteiger partial charge in [-0.25, -0.2) is 0 Å². The van der Waals surface area contributed by atoms with Gasteiger partial charge >= 0.3 is 0 Å². The summed E-state index contributed by atoms with van der Waals surface area (Å²) < 4.78 is 0. The maximum Gasteiger partial charge on any atom is 0.254 e. The van der Waals surface area contributed by atoms with E-state index in [-0.39, 0.29) is 18.4 Å². The molecule has 2 aliphatic rings. The molecule has 4 rings (SSSR count). The SMILES string of the molecule is CCN(CC)CCCN1CC(=O)N2CCc3c([nH]c4ccccc34)[C@@]2(C)C1=O. The Bertz CT molecular complexity index is 901. The number of hydrogen-bond donors (Lipinski definition) is 1. The monoisotopic (exact) mass is 382 g/mol. The molecule has 2 aromatic rings. The standard InChI is InChI=1S/C22H30N4O2/c1-4-24(5-2)12-8-13-25-15-19(27)26-14-11-17-16-9-6-7-10-18(16)23-20(17)22(26,3)21(25)28/h6-7,9-10,23H,4-5,8,11-15H2,1-3H3/t22-/m0/s1. The van der Waals surface area contributed by atoms with Crippen molar-refractivity contribution in [3.05, 3.63) is 35.5 Å². The highest BCUT2D eigenvalue weighted by Gasteiger charge is 2.53. The maximum absolute atomic E-state index is 13.6. The van der Waals surface area contributed by atoms with Gasteiger partial charge in [-0.1, -0.05) is 32.0 Å². The van der Waals surface area contributed by atoms with Crippen LogP contribution >= 0.6 is 0 Å². The zero-order valence-corrected chi connectivity index (χ0v) is 17.1.